The second kappa shape index (κ2) is 41.3. The molecule has 0 bridgehead atoms. The molecule has 1 unspecified atom stereocenters. The highest BCUT2D eigenvalue weighted by atomic mass is 31.2. The summed E-state index contributed by atoms with van der Waals surface area (Å²) >= 11 is 0. The van der Waals surface area contributed by atoms with E-state index < -0.39 is 32.5 Å². The van der Waals surface area contributed by atoms with Crippen LogP contribution in [-0.2, 0) is 32.7 Å². The lowest BCUT2D eigenvalue weighted by atomic mass is 10.1. The molecular formula is C45H80NO8P. The lowest BCUT2D eigenvalue weighted by molar-refractivity contribution is -0.161. The summed E-state index contributed by atoms with van der Waals surface area (Å²) in [4.78, 5) is 34.8. The van der Waals surface area contributed by atoms with Gasteiger partial charge < -0.3 is 20.1 Å². The summed E-state index contributed by atoms with van der Waals surface area (Å²) in [6.07, 6.45) is 48.2. The van der Waals surface area contributed by atoms with Crippen molar-refractivity contribution < 1.29 is 37.6 Å². The van der Waals surface area contributed by atoms with E-state index in [9.17, 15) is 19.0 Å². The van der Waals surface area contributed by atoms with Crippen LogP contribution in [0.25, 0.3) is 0 Å². The van der Waals surface area contributed by atoms with Crippen LogP contribution in [-0.4, -0.2) is 49.3 Å². The molecule has 0 saturated carbocycles. The van der Waals surface area contributed by atoms with E-state index in [2.05, 4.69) is 68.5 Å². The van der Waals surface area contributed by atoms with Gasteiger partial charge in [0.15, 0.2) is 6.10 Å². The summed E-state index contributed by atoms with van der Waals surface area (Å²) in [5, 5.41) is 0. The first-order valence-electron chi connectivity index (χ1n) is 21.8. The zero-order valence-corrected chi connectivity index (χ0v) is 35.8. The Balaban J connectivity index is 4.26. The first-order valence-corrected chi connectivity index (χ1v) is 23.3. The predicted molar refractivity (Wildman–Crippen MR) is 229 cm³/mol. The van der Waals surface area contributed by atoms with Gasteiger partial charge in [0, 0.05) is 19.4 Å². The third-order valence-electron chi connectivity index (χ3n) is 8.88. The molecular weight excluding hydrogens is 713 g/mol. The number of carbonyl (C=O) groups is 2. The van der Waals surface area contributed by atoms with Crippen LogP contribution in [0, 0.1) is 0 Å². The van der Waals surface area contributed by atoms with E-state index in [1.54, 1.807) is 0 Å². The summed E-state index contributed by atoms with van der Waals surface area (Å²) in [6, 6.07) is 0. The molecule has 318 valence electrons. The second-order valence-corrected chi connectivity index (χ2v) is 15.7. The molecule has 0 aromatic carbocycles. The molecule has 2 atom stereocenters. The van der Waals surface area contributed by atoms with Crippen molar-refractivity contribution in [2.24, 2.45) is 5.73 Å². The van der Waals surface area contributed by atoms with Crippen LogP contribution in [0.1, 0.15) is 181 Å². The van der Waals surface area contributed by atoms with Crippen LogP contribution in [0.3, 0.4) is 0 Å². The quantitative estimate of drug-likeness (QED) is 0.0269. The third-order valence-corrected chi connectivity index (χ3v) is 9.86. The summed E-state index contributed by atoms with van der Waals surface area (Å²) in [6.45, 7) is 3.63. The number of phosphoric acid groups is 1. The van der Waals surface area contributed by atoms with E-state index in [4.69, 9.17) is 24.3 Å². The minimum Gasteiger partial charge on any atom is -0.462 e. The molecule has 0 aromatic heterocycles. The highest BCUT2D eigenvalue weighted by Gasteiger charge is 2.25. The number of hydrogen-bond donors (Lipinski definition) is 2. The minimum atomic E-state index is -4.39. The number of carbonyl (C=O) groups excluding carboxylic acids is 2. The Morgan fingerprint density at radius 3 is 1.51 bits per heavy atom. The van der Waals surface area contributed by atoms with Crippen molar-refractivity contribution >= 4 is 19.8 Å². The van der Waals surface area contributed by atoms with Crippen molar-refractivity contribution in [2.75, 3.05) is 26.4 Å². The molecule has 3 N–H and O–H groups in total. The van der Waals surface area contributed by atoms with E-state index in [0.717, 1.165) is 51.4 Å². The minimum absolute atomic E-state index is 0.0434. The largest absolute Gasteiger partial charge is 0.472 e. The van der Waals surface area contributed by atoms with Crippen molar-refractivity contribution in [3.05, 3.63) is 60.8 Å². The molecule has 0 aliphatic carbocycles. The highest BCUT2D eigenvalue weighted by molar-refractivity contribution is 7.47. The zero-order valence-electron chi connectivity index (χ0n) is 34.9. The summed E-state index contributed by atoms with van der Waals surface area (Å²) in [5.74, 6) is -0.902. The van der Waals surface area contributed by atoms with Crippen LogP contribution in [0.5, 0.6) is 0 Å². The molecule has 9 nitrogen and oxygen atoms in total. The predicted octanol–water partition coefficient (Wildman–Crippen LogP) is 12.5. The van der Waals surface area contributed by atoms with Gasteiger partial charge in [-0.3, -0.25) is 18.6 Å². The first kappa shape index (κ1) is 52.7. The van der Waals surface area contributed by atoms with E-state index in [0.29, 0.717) is 12.8 Å². The Bertz CT molecular complexity index is 1090. The summed E-state index contributed by atoms with van der Waals surface area (Å²) in [5.41, 5.74) is 5.34. The number of esters is 2. The fourth-order valence-corrected chi connectivity index (χ4v) is 6.39. The van der Waals surface area contributed by atoms with Gasteiger partial charge in [0.2, 0.25) is 0 Å². The van der Waals surface area contributed by atoms with Crippen LogP contribution in [0.15, 0.2) is 60.8 Å². The molecule has 0 spiro atoms. The number of rotatable bonds is 40. The molecule has 0 amide bonds. The smallest absolute Gasteiger partial charge is 0.462 e. The van der Waals surface area contributed by atoms with Crippen LogP contribution >= 0.6 is 7.82 Å². The number of hydrogen-bond acceptors (Lipinski definition) is 8. The average molecular weight is 794 g/mol. The highest BCUT2D eigenvalue weighted by Crippen LogP contribution is 2.43. The zero-order chi connectivity index (χ0) is 40.3. The first-order chi connectivity index (χ1) is 26.8. The fraction of sp³-hybridized carbons (Fsp3) is 0.733. The molecule has 0 aliphatic heterocycles. The maximum Gasteiger partial charge on any atom is 0.472 e. The summed E-state index contributed by atoms with van der Waals surface area (Å²) in [7, 11) is -4.39. The van der Waals surface area contributed by atoms with E-state index in [1.807, 2.05) is 6.08 Å². The Morgan fingerprint density at radius 1 is 0.545 bits per heavy atom. The summed E-state index contributed by atoms with van der Waals surface area (Å²) < 4.78 is 32.7. The van der Waals surface area contributed by atoms with Crippen molar-refractivity contribution in [2.45, 2.75) is 187 Å². The van der Waals surface area contributed by atoms with Crippen molar-refractivity contribution in [3.63, 3.8) is 0 Å². The van der Waals surface area contributed by atoms with Crippen molar-refractivity contribution in [1.29, 1.82) is 0 Å². The third kappa shape index (κ3) is 41.2. The van der Waals surface area contributed by atoms with Gasteiger partial charge in [-0.05, 0) is 77.0 Å². The average Bonchev–Trinajstić information content (AvgIpc) is 3.17. The van der Waals surface area contributed by atoms with Gasteiger partial charge in [-0.15, -0.1) is 0 Å². The molecule has 0 saturated heterocycles. The molecule has 55 heavy (non-hydrogen) atoms. The molecule has 0 aliphatic rings. The fourth-order valence-electron chi connectivity index (χ4n) is 5.62. The Morgan fingerprint density at radius 2 is 0.964 bits per heavy atom. The van der Waals surface area contributed by atoms with Gasteiger partial charge in [0.1, 0.15) is 6.61 Å². The van der Waals surface area contributed by atoms with Gasteiger partial charge in [-0.2, -0.15) is 0 Å². The van der Waals surface area contributed by atoms with E-state index >= 15 is 0 Å². The lowest BCUT2D eigenvalue weighted by Gasteiger charge is -2.19. The Labute approximate surface area is 336 Å². The van der Waals surface area contributed by atoms with Crippen molar-refractivity contribution in [3.8, 4) is 0 Å². The number of phosphoric ester groups is 1. The van der Waals surface area contributed by atoms with Gasteiger partial charge in [0.25, 0.3) is 0 Å². The Kier molecular flexibility index (Phi) is 39.6. The van der Waals surface area contributed by atoms with E-state index in [1.165, 1.54) is 89.9 Å². The molecule has 0 heterocycles. The SMILES string of the molecule is CCCCC/C=C/C/C=C/C/C=C/C/C=C/CCCC(=O)OC[C@H](COP(=O)(O)OCCN)OC(=O)CCCCCCCCC/C=C/CCCCCCCC. The monoisotopic (exact) mass is 794 g/mol. The second-order valence-electron chi connectivity index (χ2n) is 14.2. The van der Waals surface area contributed by atoms with Crippen molar-refractivity contribution in [1.82, 2.24) is 0 Å². The van der Waals surface area contributed by atoms with Crippen LogP contribution in [0.2, 0.25) is 0 Å². The van der Waals surface area contributed by atoms with E-state index in [-0.39, 0.29) is 32.6 Å². The van der Waals surface area contributed by atoms with Gasteiger partial charge in [0.05, 0.1) is 13.2 Å². The molecule has 10 heteroatoms. The van der Waals surface area contributed by atoms with Gasteiger partial charge >= 0.3 is 19.8 Å². The number of allylic oxidation sites excluding steroid dienone is 10. The molecule has 0 fully saturated rings. The Hall–Kier alpha value is -2.29. The number of nitrogens with two attached hydrogens (primary N) is 1. The topological polar surface area (TPSA) is 134 Å². The normalized spacial score (nSPS) is 13.9. The lowest BCUT2D eigenvalue weighted by Crippen LogP contribution is -2.29. The standard InChI is InChI=1S/C45H80NO8P/c1-3-5-7-9-11-13-15-17-19-21-23-25-27-29-31-33-35-37-44(47)51-41-43(42-53-55(49,50)52-40-39-46)54-45(48)38-36-34-32-30-28-26-24-22-20-18-16-14-12-10-8-6-4-2/h11,13,17-20,23,25,29,31,43H,3-10,12,14-16,21-22,24,26-28,30,32-42,46H2,1-2H3,(H,49,50)/b13-11+,19-17+,20-18+,25-23+,31-29+/t43-/m1/s1. The van der Waals surface area contributed by atoms with Crippen LogP contribution in [0.4, 0.5) is 0 Å². The maximum absolute atomic E-state index is 12.6. The van der Waals surface area contributed by atoms with Gasteiger partial charge in [-0.1, -0.05) is 152 Å². The van der Waals surface area contributed by atoms with Gasteiger partial charge in [-0.25, -0.2) is 4.57 Å². The molecule has 0 radical (unpaired) electrons. The number of ether oxygens (including phenoxy) is 2. The molecule has 0 rings (SSSR count). The maximum atomic E-state index is 12.6. The van der Waals surface area contributed by atoms with Crippen LogP contribution < -0.4 is 5.73 Å². The molecule has 0 aromatic rings. The number of unbranched alkanes of at least 4 members (excludes halogenated alkanes) is 17.